The Kier molecular flexibility index (Phi) is 9.70. The van der Waals surface area contributed by atoms with E-state index in [2.05, 4.69) is 28.2 Å². The quantitative estimate of drug-likeness (QED) is 0.199. The number of thioether (sulfide) groups is 1. The van der Waals surface area contributed by atoms with Gasteiger partial charge in [-0.15, -0.1) is 28.1 Å². The maximum absolute atomic E-state index is 12.8. The summed E-state index contributed by atoms with van der Waals surface area (Å²) in [6, 6.07) is 5.98. The third-order valence-corrected chi connectivity index (χ3v) is 7.58. The molecule has 2 aromatic heterocycles. The van der Waals surface area contributed by atoms with Gasteiger partial charge in [-0.1, -0.05) is 23.9 Å². The highest BCUT2D eigenvalue weighted by Gasteiger charge is 2.27. The Morgan fingerprint density at radius 3 is 2.37 bits per heavy atom. The van der Waals surface area contributed by atoms with Crippen LogP contribution in [0.3, 0.4) is 0 Å². The molecule has 0 spiro atoms. The third kappa shape index (κ3) is 6.62. The van der Waals surface area contributed by atoms with Crippen LogP contribution in [-0.4, -0.2) is 52.6 Å². The zero-order valence-corrected chi connectivity index (χ0v) is 23.7. The number of hydrogen-bond acceptors (Lipinski definition) is 10. The van der Waals surface area contributed by atoms with Crippen LogP contribution in [-0.2, 0) is 20.8 Å². The van der Waals surface area contributed by atoms with E-state index in [-0.39, 0.29) is 21.2 Å². The van der Waals surface area contributed by atoms with Crippen molar-refractivity contribution in [1.29, 1.82) is 0 Å². The molecule has 0 aliphatic carbocycles. The summed E-state index contributed by atoms with van der Waals surface area (Å²) in [4.78, 5) is 37.5. The monoisotopic (exact) mass is 558 g/mol. The van der Waals surface area contributed by atoms with Crippen LogP contribution < -0.4 is 10.1 Å². The van der Waals surface area contributed by atoms with Crippen LogP contribution in [0.2, 0.25) is 0 Å². The normalized spacial score (nSPS) is 11.5. The molecule has 1 unspecified atom stereocenters. The van der Waals surface area contributed by atoms with Crippen molar-refractivity contribution in [3.05, 3.63) is 63.8 Å². The van der Waals surface area contributed by atoms with Crippen LogP contribution >= 0.6 is 23.1 Å². The van der Waals surface area contributed by atoms with Gasteiger partial charge in [0.15, 0.2) is 17.1 Å². The minimum Gasteiger partial charge on any atom is -0.483 e. The van der Waals surface area contributed by atoms with E-state index in [1.807, 2.05) is 37.5 Å². The molecule has 0 saturated carbocycles. The predicted octanol–water partition coefficient (Wildman–Crippen LogP) is 4.89. The Morgan fingerprint density at radius 1 is 1.11 bits per heavy atom. The van der Waals surface area contributed by atoms with Crippen molar-refractivity contribution in [2.24, 2.45) is 0 Å². The zero-order chi connectivity index (χ0) is 28.0. The molecule has 1 N–H and O–H groups in total. The summed E-state index contributed by atoms with van der Waals surface area (Å²) >= 11 is 2.13. The summed E-state index contributed by atoms with van der Waals surface area (Å²) in [6.07, 6.45) is 1.31. The number of carbonyl (C=O) groups excluding carboxylic acids is 3. The molecule has 10 nitrogen and oxygen atoms in total. The van der Waals surface area contributed by atoms with E-state index in [1.54, 1.807) is 13.0 Å². The molecular formula is C26H30N4O6S2. The maximum Gasteiger partial charge on any atom is 0.348 e. The van der Waals surface area contributed by atoms with Crippen LogP contribution in [0.1, 0.15) is 55.6 Å². The first-order valence-corrected chi connectivity index (χ1v) is 13.4. The smallest absolute Gasteiger partial charge is 0.348 e. The highest BCUT2D eigenvalue weighted by molar-refractivity contribution is 7.99. The van der Waals surface area contributed by atoms with Gasteiger partial charge in [0, 0.05) is 6.54 Å². The number of hydrogen-bond donors (Lipinski definition) is 1. The lowest BCUT2D eigenvalue weighted by molar-refractivity contribution is -0.113. The third-order valence-electron chi connectivity index (χ3n) is 5.42. The van der Waals surface area contributed by atoms with Gasteiger partial charge in [0.05, 0.1) is 25.5 Å². The molecule has 1 aromatic carbocycles. The minimum absolute atomic E-state index is 0.0211. The van der Waals surface area contributed by atoms with Crippen molar-refractivity contribution in [1.82, 2.24) is 14.8 Å². The number of allylic oxidation sites excluding steroid dienone is 1. The Balaban J connectivity index is 1.76. The van der Waals surface area contributed by atoms with Crippen molar-refractivity contribution in [3.8, 4) is 5.75 Å². The lowest BCUT2D eigenvalue weighted by Gasteiger charge is -2.16. The second-order valence-electron chi connectivity index (χ2n) is 8.40. The van der Waals surface area contributed by atoms with Gasteiger partial charge in [0.2, 0.25) is 5.91 Å². The molecule has 2 heterocycles. The molecule has 0 bridgehead atoms. The predicted molar refractivity (Wildman–Crippen MR) is 146 cm³/mol. The lowest BCUT2D eigenvalue weighted by atomic mass is 10.1. The van der Waals surface area contributed by atoms with Crippen LogP contribution in [0, 0.1) is 20.8 Å². The molecule has 1 atom stereocenters. The van der Waals surface area contributed by atoms with Crippen molar-refractivity contribution in [3.63, 3.8) is 0 Å². The number of aryl methyl sites for hydroxylation is 2. The average Bonchev–Trinajstić information content (AvgIpc) is 3.41. The van der Waals surface area contributed by atoms with Gasteiger partial charge < -0.3 is 19.5 Å². The van der Waals surface area contributed by atoms with Crippen molar-refractivity contribution in [2.45, 2.75) is 45.5 Å². The Labute approximate surface area is 229 Å². The first-order valence-electron chi connectivity index (χ1n) is 11.6. The number of rotatable bonds is 11. The van der Waals surface area contributed by atoms with E-state index in [0.717, 1.165) is 28.2 Å². The van der Waals surface area contributed by atoms with Gasteiger partial charge in [0.1, 0.15) is 15.6 Å². The number of ether oxygens (including phenoxy) is 3. The molecule has 0 aliphatic heterocycles. The van der Waals surface area contributed by atoms with Crippen LogP contribution in [0.4, 0.5) is 5.00 Å². The van der Waals surface area contributed by atoms with E-state index in [1.165, 1.54) is 26.0 Å². The largest absolute Gasteiger partial charge is 0.483 e. The molecule has 202 valence electrons. The highest BCUT2D eigenvalue weighted by Crippen LogP contribution is 2.34. The summed E-state index contributed by atoms with van der Waals surface area (Å²) in [5, 5.41) is 12.0. The number of carbonyl (C=O) groups is 3. The maximum atomic E-state index is 12.8. The standard InChI is InChI=1S/C26H30N4O6S2/c1-8-9-30-22(17(5)36-18-11-14(2)10-15(3)12-18)28-29-26(30)37-13-19(31)27-23-20(24(32)34-6)16(4)21(38-23)25(33)35-7/h8,10-12,17H,1,9,13H2,2-7H3,(H,27,31). The fraction of sp³-hybridized carbons (Fsp3) is 0.346. The first-order chi connectivity index (χ1) is 18.1. The van der Waals surface area contributed by atoms with Crippen LogP contribution in [0.5, 0.6) is 5.75 Å². The lowest BCUT2D eigenvalue weighted by Crippen LogP contribution is -2.17. The molecule has 0 aliphatic rings. The fourth-order valence-electron chi connectivity index (χ4n) is 3.80. The summed E-state index contributed by atoms with van der Waals surface area (Å²) in [5.41, 5.74) is 2.68. The van der Waals surface area contributed by atoms with Gasteiger partial charge in [-0.25, -0.2) is 9.59 Å². The number of anilines is 1. The molecule has 38 heavy (non-hydrogen) atoms. The number of amides is 1. The van der Waals surface area contributed by atoms with Crippen LogP contribution in [0.15, 0.2) is 36.0 Å². The second-order valence-corrected chi connectivity index (χ2v) is 10.4. The van der Waals surface area contributed by atoms with Crippen molar-refractivity contribution < 1.29 is 28.6 Å². The number of esters is 2. The molecule has 3 rings (SSSR count). The molecule has 3 aromatic rings. The highest BCUT2D eigenvalue weighted by atomic mass is 32.2. The average molecular weight is 559 g/mol. The Morgan fingerprint density at radius 2 is 1.76 bits per heavy atom. The van der Waals surface area contributed by atoms with Gasteiger partial charge in [0.25, 0.3) is 0 Å². The van der Waals surface area contributed by atoms with Crippen molar-refractivity contribution in [2.75, 3.05) is 25.3 Å². The number of benzene rings is 1. The van der Waals surface area contributed by atoms with Crippen molar-refractivity contribution >= 4 is 45.9 Å². The fourth-order valence-corrected chi connectivity index (χ4v) is 5.68. The topological polar surface area (TPSA) is 122 Å². The van der Waals surface area contributed by atoms with Crippen LogP contribution in [0.25, 0.3) is 0 Å². The van der Waals surface area contributed by atoms with Gasteiger partial charge >= 0.3 is 11.9 Å². The van der Waals surface area contributed by atoms with E-state index in [0.29, 0.717) is 23.1 Å². The zero-order valence-electron chi connectivity index (χ0n) is 22.1. The van der Waals surface area contributed by atoms with E-state index in [9.17, 15) is 14.4 Å². The number of methoxy groups -OCH3 is 2. The van der Waals surface area contributed by atoms with E-state index in [4.69, 9.17) is 14.2 Å². The van der Waals surface area contributed by atoms with Gasteiger partial charge in [-0.2, -0.15) is 0 Å². The van der Waals surface area contributed by atoms with E-state index >= 15 is 0 Å². The summed E-state index contributed by atoms with van der Waals surface area (Å²) < 4.78 is 17.6. The van der Waals surface area contributed by atoms with Gasteiger partial charge in [-0.05, 0) is 56.5 Å². The SMILES string of the molecule is C=CCn1c(SCC(=O)Nc2sc(C(=O)OC)c(C)c2C(=O)OC)nnc1C(C)Oc1cc(C)cc(C)c1. The molecule has 0 radical (unpaired) electrons. The molecule has 0 fully saturated rings. The number of nitrogens with one attached hydrogen (secondary N) is 1. The molecular weight excluding hydrogens is 528 g/mol. The number of aromatic nitrogens is 3. The first kappa shape index (κ1) is 28.9. The summed E-state index contributed by atoms with van der Waals surface area (Å²) in [5.74, 6) is -0.355. The summed E-state index contributed by atoms with van der Waals surface area (Å²) in [7, 11) is 2.48. The summed E-state index contributed by atoms with van der Waals surface area (Å²) in [6.45, 7) is 11.7. The number of nitrogens with zero attached hydrogens (tertiary/aromatic N) is 3. The molecule has 12 heteroatoms. The van der Waals surface area contributed by atoms with Gasteiger partial charge in [-0.3, -0.25) is 9.36 Å². The molecule has 0 saturated heterocycles. The number of thiophene rings is 1. The Bertz CT molecular complexity index is 1340. The Hall–Kier alpha value is -3.64. The van der Waals surface area contributed by atoms with E-state index < -0.39 is 23.9 Å². The minimum atomic E-state index is -0.662. The second kappa shape index (κ2) is 12.7. The molecule has 1 amide bonds.